The summed E-state index contributed by atoms with van der Waals surface area (Å²) in [6, 6.07) is 34.3. The Hall–Kier alpha value is -3.78. The molecule has 0 saturated carbocycles. The SMILES string of the molecule is CC1(c2ccc(-c3ccc(C4(C)C=c5ccccc5=N4)cc3)cc2)C=c2ccccc2=N1. The maximum Gasteiger partial charge on any atom is 0.103 e. The average molecular weight is 413 g/mol. The Labute approximate surface area is 187 Å². The third kappa shape index (κ3) is 3.03. The first-order valence-corrected chi connectivity index (χ1v) is 11.1. The van der Waals surface area contributed by atoms with Crippen LogP contribution in [0.4, 0.5) is 0 Å². The average Bonchev–Trinajstić information content (AvgIpc) is 3.36. The number of nitrogens with zero attached hydrogens (tertiary/aromatic N) is 2. The summed E-state index contributed by atoms with van der Waals surface area (Å²) in [6.45, 7) is 4.36. The summed E-state index contributed by atoms with van der Waals surface area (Å²) in [4.78, 5) is 9.93. The predicted molar refractivity (Wildman–Crippen MR) is 130 cm³/mol. The Bertz CT molecular complexity index is 1380. The van der Waals surface area contributed by atoms with Crippen molar-refractivity contribution in [3.05, 3.63) is 129 Å². The van der Waals surface area contributed by atoms with E-state index in [0.29, 0.717) is 0 Å². The van der Waals surface area contributed by atoms with Gasteiger partial charge in [-0.05, 0) is 70.8 Å². The van der Waals surface area contributed by atoms with E-state index < -0.39 is 0 Å². The first-order valence-electron chi connectivity index (χ1n) is 11.1. The van der Waals surface area contributed by atoms with E-state index in [1.807, 2.05) is 12.1 Å². The molecule has 0 amide bonds. The molecule has 2 unspecified atom stereocenters. The van der Waals surface area contributed by atoms with Crippen LogP contribution in [-0.4, -0.2) is 0 Å². The van der Waals surface area contributed by atoms with Crippen molar-refractivity contribution in [1.82, 2.24) is 0 Å². The number of benzene rings is 4. The van der Waals surface area contributed by atoms with E-state index in [0.717, 1.165) is 10.7 Å². The van der Waals surface area contributed by atoms with Crippen molar-refractivity contribution in [2.75, 3.05) is 0 Å². The van der Waals surface area contributed by atoms with Crippen LogP contribution in [0.1, 0.15) is 25.0 Å². The lowest BCUT2D eigenvalue weighted by molar-refractivity contribution is 0.667. The molecule has 154 valence electrons. The van der Waals surface area contributed by atoms with Gasteiger partial charge in [-0.3, -0.25) is 9.98 Å². The molecule has 0 radical (unpaired) electrons. The predicted octanol–water partition coefficient (Wildman–Crippen LogP) is 4.01. The molecule has 32 heavy (non-hydrogen) atoms. The highest BCUT2D eigenvalue weighted by Gasteiger charge is 2.27. The topological polar surface area (TPSA) is 24.7 Å². The molecule has 4 aromatic rings. The second-order valence-electron chi connectivity index (χ2n) is 9.08. The summed E-state index contributed by atoms with van der Waals surface area (Å²) in [5, 5.41) is 4.55. The zero-order valence-electron chi connectivity index (χ0n) is 18.3. The zero-order chi connectivity index (χ0) is 21.8. The normalized spacial score (nSPS) is 22.7. The van der Waals surface area contributed by atoms with Gasteiger partial charge in [0.05, 0.1) is 10.7 Å². The third-order valence-corrected chi connectivity index (χ3v) is 6.72. The zero-order valence-corrected chi connectivity index (χ0v) is 18.3. The number of para-hydroxylation sites is 2. The molecule has 0 spiro atoms. The molecule has 0 aliphatic carbocycles. The molecule has 2 aliphatic heterocycles. The van der Waals surface area contributed by atoms with Gasteiger partial charge < -0.3 is 0 Å². The van der Waals surface area contributed by atoms with Crippen LogP contribution in [0.15, 0.2) is 107 Å². The molecule has 0 aromatic heterocycles. The fraction of sp³-hybridized carbons (Fsp3) is 0.133. The molecule has 0 N–H and O–H groups in total. The highest BCUT2D eigenvalue weighted by atomic mass is 14.9. The van der Waals surface area contributed by atoms with E-state index in [4.69, 9.17) is 9.98 Å². The number of fused-ring (bicyclic) bond motifs is 2. The van der Waals surface area contributed by atoms with Gasteiger partial charge in [0.2, 0.25) is 0 Å². The van der Waals surface area contributed by atoms with Gasteiger partial charge in [-0.2, -0.15) is 0 Å². The van der Waals surface area contributed by atoms with Crippen molar-refractivity contribution in [2.24, 2.45) is 9.98 Å². The Balaban J connectivity index is 1.29. The Kier molecular flexibility index (Phi) is 4.06. The van der Waals surface area contributed by atoms with Crippen molar-refractivity contribution in [3.63, 3.8) is 0 Å². The lowest BCUT2D eigenvalue weighted by Gasteiger charge is -2.20. The molecule has 4 aromatic carbocycles. The molecular formula is C30H24N2. The molecule has 2 nitrogen and oxygen atoms in total. The van der Waals surface area contributed by atoms with E-state index in [1.54, 1.807) is 0 Å². The van der Waals surface area contributed by atoms with Crippen LogP contribution in [0.5, 0.6) is 0 Å². The number of hydrogen-bond acceptors (Lipinski definition) is 2. The minimum Gasteiger partial charge on any atom is -0.269 e. The number of hydrogen-bond donors (Lipinski definition) is 0. The van der Waals surface area contributed by atoms with Gasteiger partial charge in [-0.1, -0.05) is 84.9 Å². The Morgan fingerprint density at radius 3 is 1.22 bits per heavy atom. The maximum absolute atomic E-state index is 4.97. The largest absolute Gasteiger partial charge is 0.269 e. The molecule has 0 saturated heterocycles. The highest BCUT2D eigenvalue weighted by Crippen LogP contribution is 2.32. The molecular weight excluding hydrogens is 388 g/mol. The van der Waals surface area contributed by atoms with Crippen LogP contribution in [-0.2, 0) is 11.1 Å². The van der Waals surface area contributed by atoms with E-state index in [1.165, 1.54) is 32.7 Å². The van der Waals surface area contributed by atoms with Crippen molar-refractivity contribution < 1.29 is 0 Å². The fourth-order valence-electron chi connectivity index (χ4n) is 4.89. The second kappa shape index (κ2) is 6.86. The van der Waals surface area contributed by atoms with Gasteiger partial charge in [-0.15, -0.1) is 0 Å². The van der Waals surface area contributed by atoms with E-state index in [2.05, 4.69) is 111 Å². The molecule has 2 heteroatoms. The smallest absolute Gasteiger partial charge is 0.103 e. The van der Waals surface area contributed by atoms with Crippen LogP contribution in [0.25, 0.3) is 23.3 Å². The lowest BCUT2D eigenvalue weighted by Crippen LogP contribution is -2.19. The standard InChI is InChI=1S/C30H24N2/c1-29(19-23-7-3-5-9-27(23)31-29)25-15-11-21(12-16-25)22-13-17-26(18-14-22)30(2)20-24-8-4-6-10-28(24)32-30/h3-20H,1-2H3. The molecule has 2 atom stereocenters. The van der Waals surface area contributed by atoms with Gasteiger partial charge in [0.15, 0.2) is 0 Å². The summed E-state index contributed by atoms with van der Waals surface area (Å²) in [6.07, 6.45) is 4.51. The monoisotopic (exact) mass is 412 g/mol. The quantitative estimate of drug-likeness (QED) is 0.486. The first kappa shape index (κ1) is 18.9. The van der Waals surface area contributed by atoms with Crippen LogP contribution in [0.3, 0.4) is 0 Å². The van der Waals surface area contributed by atoms with E-state index in [-0.39, 0.29) is 11.1 Å². The van der Waals surface area contributed by atoms with Crippen molar-refractivity contribution >= 4 is 12.2 Å². The molecule has 0 fully saturated rings. The summed E-state index contributed by atoms with van der Waals surface area (Å²) >= 11 is 0. The minimum absolute atomic E-state index is 0.310. The summed E-state index contributed by atoms with van der Waals surface area (Å²) < 4.78 is 0. The third-order valence-electron chi connectivity index (χ3n) is 6.72. The van der Waals surface area contributed by atoms with Crippen LogP contribution < -0.4 is 21.2 Å². The molecule has 2 heterocycles. The fourth-order valence-corrected chi connectivity index (χ4v) is 4.89. The first-order chi connectivity index (χ1) is 15.5. The van der Waals surface area contributed by atoms with E-state index in [9.17, 15) is 0 Å². The van der Waals surface area contributed by atoms with Gasteiger partial charge >= 0.3 is 0 Å². The van der Waals surface area contributed by atoms with Crippen molar-refractivity contribution in [2.45, 2.75) is 24.9 Å². The van der Waals surface area contributed by atoms with Crippen LogP contribution in [0, 0.1) is 0 Å². The van der Waals surface area contributed by atoms with Crippen molar-refractivity contribution in [3.8, 4) is 11.1 Å². The molecule has 2 aliphatic rings. The molecule has 0 bridgehead atoms. The van der Waals surface area contributed by atoms with Gasteiger partial charge in [0.1, 0.15) is 11.1 Å². The van der Waals surface area contributed by atoms with Gasteiger partial charge in [0, 0.05) is 0 Å². The summed E-state index contributed by atoms with van der Waals surface area (Å²) in [5.41, 5.74) is 4.21. The maximum atomic E-state index is 4.97. The van der Waals surface area contributed by atoms with E-state index >= 15 is 0 Å². The van der Waals surface area contributed by atoms with Crippen LogP contribution in [0.2, 0.25) is 0 Å². The molecule has 6 rings (SSSR count). The minimum atomic E-state index is -0.310. The summed E-state index contributed by atoms with van der Waals surface area (Å²) in [7, 11) is 0. The Morgan fingerprint density at radius 1 is 0.469 bits per heavy atom. The Morgan fingerprint density at radius 2 is 0.844 bits per heavy atom. The van der Waals surface area contributed by atoms with Gasteiger partial charge in [-0.25, -0.2) is 0 Å². The summed E-state index contributed by atoms with van der Waals surface area (Å²) in [5.74, 6) is 0. The van der Waals surface area contributed by atoms with Crippen molar-refractivity contribution in [1.29, 1.82) is 0 Å². The lowest BCUT2D eigenvalue weighted by atomic mass is 9.89. The van der Waals surface area contributed by atoms with Gasteiger partial charge in [0.25, 0.3) is 0 Å². The number of rotatable bonds is 3. The van der Waals surface area contributed by atoms with Crippen LogP contribution >= 0.6 is 0 Å². The highest BCUT2D eigenvalue weighted by molar-refractivity contribution is 5.66. The second-order valence-corrected chi connectivity index (χ2v) is 9.08.